The average molecular weight is 374 g/mol. The van der Waals surface area contributed by atoms with Gasteiger partial charge < -0.3 is 11.1 Å². The Kier molecular flexibility index (Phi) is 4.92. The summed E-state index contributed by atoms with van der Waals surface area (Å²) in [7, 11) is 0. The van der Waals surface area contributed by atoms with Crippen LogP contribution in [0.3, 0.4) is 0 Å². The number of rotatable bonds is 4. The maximum Gasteiger partial charge on any atom is 0.249 e. The van der Waals surface area contributed by atoms with Gasteiger partial charge in [-0.2, -0.15) is 9.07 Å². The van der Waals surface area contributed by atoms with Gasteiger partial charge in [-0.1, -0.05) is 44.5 Å². The molecule has 3 rings (SSSR count). The van der Waals surface area contributed by atoms with Gasteiger partial charge >= 0.3 is 0 Å². The lowest BCUT2D eigenvalue weighted by Crippen LogP contribution is -2.10. The van der Waals surface area contributed by atoms with Crippen molar-refractivity contribution in [1.82, 2.24) is 14.2 Å². The van der Waals surface area contributed by atoms with Crippen LogP contribution in [0.25, 0.3) is 0 Å². The molecule has 5 nitrogen and oxygen atoms in total. The van der Waals surface area contributed by atoms with Crippen LogP contribution in [0.4, 0.5) is 17.6 Å². The van der Waals surface area contributed by atoms with Gasteiger partial charge in [0.1, 0.15) is 0 Å². The van der Waals surface area contributed by atoms with Crippen molar-refractivity contribution in [2.75, 3.05) is 11.1 Å². The Morgan fingerprint density at radius 3 is 2.28 bits per heavy atom. The van der Waals surface area contributed by atoms with Crippen LogP contribution in [0.5, 0.6) is 0 Å². The lowest BCUT2D eigenvalue weighted by Gasteiger charge is -2.18. The molecule has 1 aromatic heterocycles. The van der Waals surface area contributed by atoms with Crippen molar-refractivity contribution in [1.29, 1.82) is 0 Å². The van der Waals surface area contributed by atoms with E-state index in [1.165, 1.54) is 17.5 Å². The van der Waals surface area contributed by atoms with E-state index >= 15 is 0 Å². The molecular formula is C18H20ClN5S. The van der Waals surface area contributed by atoms with Gasteiger partial charge in [-0.15, -0.1) is 5.10 Å². The van der Waals surface area contributed by atoms with Gasteiger partial charge in [0, 0.05) is 27.6 Å². The molecule has 1 heterocycles. The standard InChI is InChI=1S/C18H20ClN5S/c1-18(2,3)12-4-10-15(11-5-12)25-24-16(20)22-17(23-24)21-14-8-6-13(19)7-9-14/h4-11H,1-3H3,(H3,20,21,22,23). The van der Waals surface area contributed by atoms with Crippen LogP contribution in [0, 0.1) is 0 Å². The molecule has 7 heteroatoms. The van der Waals surface area contributed by atoms with Gasteiger partial charge in [0.25, 0.3) is 0 Å². The van der Waals surface area contributed by atoms with E-state index in [2.05, 4.69) is 60.4 Å². The second-order valence-corrected chi connectivity index (χ2v) is 8.10. The highest BCUT2D eigenvalue weighted by Crippen LogP contribution is 2.28. The average Bonchev–Trinajstić information content (AvgIpc) is 2.89. The number of nitrogens with two attached hydrogens (primary N) is 1. The van der Waals surface area contributed by atoms with Crippen molar-refractivity contribution >= 4 is 41.1 Å². The van der Waals surface area contributed by atoms with E-state index in [1.807, 2.05) is 12.1 Å². The van der Waals surface area contributed by atoms with Crippen molar-refractivity contribution < 1.29 is 0 Å². The zero-order valence-electron chi connectivity index (χ0n) is 14.3. The van der Waals surface area contributed by atoms with Crippen molar-refractivity contribution in [2.24, 2.45) is 0 Å². The van der Waals surface area contributed by atoms with Gasteiger partial charge in [0.15, 0.2) is 0 Å². The number of aromatic nitrogens is 3. The summed E-state index contributed by atoms with van der Waals surface area (Å²) in [6, 6.07) is 15.7. The third-order valence-electron chi connectivity index (χ3n) is 3.61. The van der Waals surface area contributed by atoms with E-state index in [0.717, 1.165) is 10.6 Å². The molecule has 0 bridgehead atoms. The molecule has 0 saturated carbocycles. The summed E-state index contributed by atoms with van der Waals surface area (Å²) >= 11 is 7.31. The molecule has 0 unspecified atom stereocenters. The number of hydrogen-bond donors (Lipinski definition) is 2. The first-order chi connectivity index (χ1) is 11.8. The quantitative estimate of drug-likeness (QED) is 0.665. The summed E-state index contributed by atoms with van der Waals surface area (Å²) in [5.74, 6) is 0.778. The van der Waals surface area contributed by atoms with Crippen LogP contribution in [-0.2, 0) is 5.41 Å². The zero-order valence-corrected chi connectivity index (χ0v) is 15.9. The lowest BCUT2D eigenvalue weighted by molar-refractivity contribution is 0.590. The first-order valence-corrected chi connectivity index (χ1v) is 9.00. The Bertz CT molecular complexity index is 851. The van der Waals surface area contributed by atoms with Crippen LogP contribution < -0.4 is 11.1 Å². The predicted molar refractivity (Wildman–Crippen MR) is 106 cm³/mol. The third kappa shape index (κ3) is 4.46. The smallest absolute Gasteiger partial charge is 0.249 e. The first kappa shape index (κ1) is 17.6. The molecular weight excluding hydrogens is 354 g/mol. The van der Waals surface area contributed by atoms with Gasteiger partial charge in [0.2, 0.25) is 11.9 Å². The molecule has 0 aliphatic carbocycles. The molecule has 3 N–H and O–H groups in total. The van der Waals surface area contributed by atoms with Crippen molar-refractivity contribution in [3.8, 4) is 0 Å². The Hall–Kier alpha value is -2.18. The molecule has 3 aromatic rings. The van der Waals surface area contributed by atoms with Crippen molar-refractivity contribution in [3.63, 3.8) is 0 Å². The second-order valence-electron chi connectivity index (χ2n) is 6.66. The fourth-order valence-electron chi connectivity index (χ4n) is 2.21. The minimum atomic E-state index is 0.130. The molecule has 0 spiro atoms. The molecule has 0 saturated heterocycles. The number of nitrogen functional groups attached to an aromatic ring is 1. The van der Waals surface area contributed by atoms with Gasteiger partial charge in [0.05, 0.1) is 0 Å². The van der Waals surface area contributed by atoms with Crippen molar-refractivity contribution in [2.45, 2.75) is 31.1 Å². The first-order valence-electron chi connectivity index (χ1n) is 7.85. The highest BCUT2D eigenvalue weighted by Gasteiger charge is 2.14. The Morgan fingerprint density at radius 1 is 1.04 bits per heavy atom. The Labute approximate surface area is 156 Å². The molecule has 0 aliphatic heterocycles. The maximum atomic E-state index is 5.97. The number of anilines is 3. The third-order valence-corrected chi connectivity index (χ3v) is 4.79. The maximum absolute atomic E-state index is 5.97. The monoisotopic (exact) mass is 373 g/mol. The number of nitrogens with zero attached hydrogens (tertiary/aromatic N) is 3. The minimum absolute atomic E-state index is 0.130. The number of nitrogens with one attached hydrogen (secondary N) is 1. The summed E-state index contributed by atoms with van der Waals surface area (Å²) in [5, 5.41) is 8.18. The fourth-order valence-corrected chi connectivity index (χ4v) is 3.04. The number of hydrogen-bond acceptors (Lipinski definition) is 5. The topological polar surface area (TPSA) is 68.8 Å². The van der Waals surface area contributed by atoms with E-state index in [4.69, 9.17) is 17.3 Å². The van der Waals surface area contributed by atoms with Crippen LogP contribution >= 0.6 is 23.5 Å². The van der Waals surface area contributed by atoms with Crippen LogP contribution in [-0.4, -0.2) is 14.2 Å². The molecule has 0 amide bonds. The molecule has 130 valence electrons. The molecule has 2 aromatic carbocycles. The van der Waals surface area contributed by atoms with E-state index in [1.54, 1.807) is 16.2 Å². The van der Waals surface area contributed by atoms with Crippen molar-refractivity contribution in [3.05, 3.63) is 59.1 Å². The van der Waals surface area contributed by atoms with Crippen LogP contribution in [0.15, 0.2) is 53.4 Å². The highest BCUT2D eigenvalue weighted by molar-refractivity contribution is 7.97. The number of halogens is 1. The summed E-state index contributed by atoms with van der Waals surface area (Å²) in [6.07, 6.45) is 0. The Morgan fingerprint density at radius 2 is 1.68 bits per heavy atom. The second kappa shape index (κ2) is 6.98. The summed E-state index contributed by atoms with van der Waals surface area (Å²) in [6.45, 7) is 6.58. The number of benzene rings is 2. The van der Waals surface area contributed by atoms with Gasteiger partial charge in [-0.05, 0) is 47.4 Å². The molecule has 0 aliphatic rings. The van der Waals surface area contributed by atoms with E-state index in [0.29, 0.717) is 16.9 Å². The largest absolute Gasteiger partial charge is 0.367 e. The summed E-state index contributed by atoms with van der Waals surface area (Å²) < 4.78 is 1.60. The summed E-state index contributed by atoms with van der Waals surface area (Å²) in [4.78, 5) is 5.29. The van der Waals surface area contributed by atoms with Crippen LogP contribution in [0.2, 0.25) is 5.02 Å². The van der Waals surface area contributed by atoms with Crippen LogP contribution in [0.1, 0.15) is 26.3 Å². The van der Waals surface area contributed by atoms with E-state index < -0.39 is 0 Å². The van der Waals surface area contributed by atoms with Gasteiger partial charge in [-0.25, -0.2) is 0 Å². The van der Waals surface area contributed by atoms with E-state index in [-0.39, 0.29) is 5.41 Å². The SMILES string of the molecule is CC(C)(C)c1ccc(Sn2nc(Nc3ccc(Cl)cc3)nc2N)cc1. The van der Waals surface area contributed by atoms with Gasteiger partial charge in [-0.3, -0.25) is 0 Å². The normalized spacial score (nSPS) is 11.5. The predicted octanol–water partition coefficient (Wildman–Crippen LogP) is 5.11. The molecule has 25 heavy (non-hydrogen) atoms. The zero-order chi connectivity index (χ0) is 18.0. The highest BCUT2D eigenvalue weighted by atomic mass is 35.5. The Balaban J connectivity index is 1.73. The van der Waals surface area contributed by atoms with E-state index in [9.17, 15) is 0 Å². The fraction of sp³-hybridized carbons (Fsp3) is 0.222. The lowest BCUT2D eigenvalue weighted by atomic mass is 9.87. The molecule has 0 fully saturated rings. The summed E-state index contributed by atoms with van der Waals surface area (Å²) in [5.41, 5.74) is 8.24. The molecule has 0 radical (unpaired) electrons. The molecule has 0 atom stereocenters. The minimum Gasteiger partial charge on any atom is -0.367 e.